The number of nitrogens with zero attached hydrogens (tertiary/aromatic N) is 4. The summed E-state index contributed by atoms with van der Waals surface area (Å²) in [6, 6.07) is 16.1. The Morgan fingerprint density at radius 2 is 2.06 bits per heavy atom. The third-order valence-corrected chi connectivity index (χ3v) is 7.04. The fraction of sp³-hybridized carbons (Fsp3) is 0.320. The van der Waals surface area contributed by atoms with Gasteiger partial charge in [-0.2, -0.15) is 5.10 Å². The quantitative estimate of drug-likeness (QED) is 0.410. The molecule has 3 heterocycles. The van der Waals surface area contributed by atoms with E-state index in [2.05, 4.69) is 30.2 Å². The van der Waals surface area contributed by atoms with Crippen molar-refractivity contribution in [2.45, 2.75) is 39.2 Å². The number of hydrogen-bond donors (Lipinski definition) is 0. The van der Waals surface area contributed by atoms with Crippen molar-refractivity contribution in [1.82, 2.24) is 14.8 Å². The second-order valence-corrected chi connectivity index (χ2v) is 9.06. The number of aryl methyl sites for hydroxylation is 1. The molecule has 6 nitrogen and oxygen atoms in total. The van der Waals surface area contributed by atoms with Gasteiger partial charge in [-0.05, 0) is 49.9 Å². The summed E-state index contributed by atoms with van der Waals surface area (Å²) in [6.45, 7) is 5.31. The highest BCUT2D eigenvalue weighted by molar-refractivity contribution is 7.22. The Kier molecular flexibility index (Phi) is 5.76. The van der Waals surface area contributed by atoms with E-state index < -0.39 is 0 Å². The molecule has 0 radical (unpaired) electrons. The number of fused-ring (bicyclic) bond motifs is 1. The second-order valence-electron chi connectivity index (χ2n) is 8.06. The maximum Gasteiger partial charge on any atom is 0.263 e. The summed E-state index contributed by atoms with van der Waals surface area (Å²) >= 11 is 1.56. The Balaban J connectivity index is 1.54. The molecule has 0 spiro atoms. The average Bonchev–Trinajstić information content (AvgIpc) is 3.57. The van der Waals surface area contributed by atoms with Crippen LogP contribution in [0, 0.1) is 6.92 Å². The molecule has 1 saturated heterocycles. The number of para-hydroxylation sites is 2. The molecule has 5 rings (SSSR count). The number of hydrogen-bond acceptors (Lipinski definition) is 5. The molecule has 1 atom stereocenters. The predicted octanol–water partition coefficient (Wildman–Crippen LogP) is 5.18. The first-order valence-electron chi connectivity index (χ1n) is 11.1. The Morgan fingerprint density at radius 1 is 1.22 bits per heavy atom. The fourth-order valence-corrected chi connectivity index (χ4v) is 5.25. The van der Waals surface area contributed by atoms with Gasteiger partial charge in [0.05, 0.1) is 46.0 Å². The molecular formula is C25H26N4O2S. The second kappa shape index (κ2) is 8.84. The van der Waals surface area contributed by atoms with Gasteiger partial charge < -0.3 is 4.74 Å². The van der Waals surface area contributed by atoms with Crippen LogP contribution in [-0.2, 0) is 11.2 Å². The molecule has 1 fully saturated rings. The van der Waals surface area contributed by atoms with Gasteiger partial charge in [-0.15, -0.1) is 0 Å². The van der Waals surface area contributed by atoms with E-state index in [1.54, 1.807) is 22.4 Å². The van der Waals surface area contributed by atoms with Crippen LogP contribution in [0.4, 0.5) is 5.13 Å². The minimum atomic E-state index is -0.0858. The normalized spacial score (nSPS) is 16.0. The molecule has 1 aliphatic rings. The van der Waals surface area contributed by atoms with Crippen molar-refractivity contribution in [2.24, 2.45) is 0 Å². The Bertz CT molecular complexity index is 1240. The first kappa shape index (κ1) is 20.8. The standard InChI is InChI=1S/C25H26N4O2S/c1-3-18-9-7-13-22-23(18)27-25(32-22)28(16-20-12-8-14-31-20)24(30)21-15-26-29(17(21)2)19-10-5-4-6-11-19/h4-7,9-11,13,15,20H,3,8,12,14,16H2,1-2H3. The van der Waals surface area contributed by atoms with E-state index in [9.17, 15) is 4.79 Å². The summed E-state index contributed by atoms with van der Waals surface area (Å²) in [7, 11) is 0. The number of rotatable bonds is 6. The molecule has 0 aliphatic carbocycles. The molecule has 1 unspecified atom stereocenters. The van der Waals surface area contributed by atoms with Crippen LogP contribution in [0.15, 0.2) is 54.7 Å². The van der Waals surface area contributed by atoms with Gasteiger partial charge >= 0.3 is 0 Å². The molecule has 4 aromatic rings. The lowest BCUT2D eigenvalue weighted by molar-refractivity contribution is 0.0917. The van der Waals surface area contributed by atoms with Gasteiger partial charge in [0.1, 0.15) is 0 Å². The van der Waals surface area contributed by atoms with Gasteiger partial charge in [-0.1, -0.05) is 48.6 Å². The van der Waals surface area contributed by atoms with Crippen molar-refractivity contribution < 1.29 is 9.53 Å². The van der Waals surface area contributed by atoms with E-state index >= 15 is 0 Å². The maximum atomic E-state index is 13.8. The van der Waals surface area contributed by atoms with Crippen LogP contribution in [-0.4, -0.2) is 39.9 Å². The van der Waals surface area contributed by atoms with Crippen LogP contribution in [0.1, 0.15) is 41.4 Å². The molecular weight excluding hydrogens is 420 g/mol. The molecule has 32 heavy (non-hydrogen) atoms. The summed E-state index contributed by atoms with van der Waals surface area (Å²) in [4.78, 5) is 20.5. The zero-order valence-corrected chi connectivity index (χ0v) is 19.1. The summed E-state index contributed by atoms with van der Waals surface area (Å²) in [5, 5.41) is 5.22. The SMILES string of the molecule is CCc1cccc2sc(N(CC3CCCO3)C(=O)c3cnn(-c4ccccc4)c3C)nc12. The van der Waals surface area contributed by atoms with E-state index in [0.717, 1.165) is 47.5 Å². The number of aromatic nitrogens is 3. The topological polar surface area (TPSA) is 60.2 Å². The van der Waals surface area contributed by atoms with Gasteiger partial charge in [-0.25, -0.2) is 9.67 Å². The summed E-state index contributed by atoms with van der Waals surface area (Å²) < 4.78 is 8.79. The van der Waals surface area contributed by atoms with Crippen LogP contribution >= 0.6 is 11.3 Å². The van der Waals surface area contributed by atoms with Crippen LogP contribution in [0.5, 0.6) is 0 Å². The van der Waals surface area contributed by atoms with Gasteiger partial charge in [0, 0.05) is 6.61 Å². The Labute approximate surface area is 191 Å². The lowest BCUT2D eigenvalue weighted by atomic mass is 10.1. The average molecular weight is 447 g/mol. The first-order valence-corrected chi connectivity index (χ1v) is 11.9. The summed E-state index contributed by atoms with van der Waals surface area (Å²) in [5.74, 6) is -0.0858. The van der Waals surface area contributed by atoms with Gasteiger partial charge in [0.15, 0.2) is 5.13 Å². The third kappa shape index (κ3) is 3.82. The molecule has 2 aromatic carbocycles. The minimum absolute atomic E-state index is 0.0288. The van der Waals surface area contributed by atoms with Crippen LogP contribution < -0.4 is 4.90 Å². The number of anilines is 1. The fourth-order valence-electron chi connectivity index (χ4n) is 4.23. The van der Waals surface area contributed by atoms with Crippen molar-refractivity contribution in [3.63, 3.8) is 0 Å². The van der Waals surface area contributed by atoms with Crippen LogP contribution in [0.3, 0.4) is 0 Å². The van der Waals surface area contributed by atoms with Gasteiger partial charge in [0.25, 0.3) is 5.91 Å². The van der Waals surface area contributed by atoms with E-state index in [1.807, 2.05) is 41.9 Å². The third-order valence-electron chi connectivity index (χ3n) is 6.00. The van der Waals surface area contributed by atoms with Crippen LogP contribution in [0.25, 0.3) is 15.9 Å². The smallest absolute Gasteiger partial charge is 0.263 e. The summed E-state index contributed by atoms with van der Waals surface area (Å²) in [6.07, 6.45) is 4.58. The molecule has 7 heteroatoms. The van der Waals surface area contributed by atoms with E-state index in [4.69, 9.17) is 9.72 Å². The highest BCUT2D eigenvalue weighted by Crippen LogP contribution is 2.33. The number of benzene rings is 2. The number of thiazole rings is 1. The van der Waals surface area contributed by atoms with Crippen molar-refractivity contribution in [1.29, 1.82) is 0 Å². The van der Waals surface area contributed by atoms with Crippen molar-refractivity contribution in [3.8, 4) is 5.69 Å². The summed E-state index contributed by atoms with van der Waals surface area (Å²) in [5.41, 5.74) is 4.51. The number of carbonyl (C=O) groups is 1. The van der Waals surface area contributed by atoms with E-state index in [0.29, 0.717) is 17.2 Å². The first-order chi connectivity index (χ1) is 15.7. The molecule has 1 amide bonds. The highest BCUT2D eigenvalue weighted by atomic mass is 32.1. The Hall–Kier alpha value is -3.03. The zero-order valence-electron chi connectivity index (χ0n) is 18.3. The molecule has 0 bridgehead atoms. The molecule has 2 aromatic heterocycles. The van der Waals surface area contributed by atoms with Gasteiger partial charge in [-0.3, -0.25) is 9.69 Å². The minimum Gasteiger partial charge on any atom is -0.376 e. The van der Waals surface area contributed by atoms with Crippen molar-refractivity contribution in [3.05, 3.63) is 71.5 Å². The van der Waals surface area contributed by atoms with Crippen molar-refractivity contribution >= 4 is 32.6 Å². The number of ether oxygens (including phenoxy) is 1. The number of carbonyl (C=O) groups excluding carboxylic acids is 1. The maximum absolute atomic E-state index is 13.8. The molecule has 0 N–H and O–H groups in total. The van der Waals surface area contributed by atoms with Gasteiger partial charge in [0.2, 0.25) is 0 Å². The molecule has 164 valence electrons. The van der Waals surface area contributed by atoms with E-state index in [-0.39, 0.29) is 12.0 Å². The monoisotopic (exact) mass is 446 g/mol. The molecule has 0 saturated carbocycles. The highest BCUT2D eigenvalue weighted by Gasteiger charge is 2.29. The molecule has 1 aliphatic heterocycles. The largest absolute Gasteiger partial charge is 0.376 e. The lowest BCUT2D eigenvalue weighted by Crippen LogP contribution is -2.37. The Morgan fingerprint density at radius 3 is 2.81 bits per heavy atom. The van der Waals surface area contributed by atoms with Crippen molar-refractivity contribution in [2.75, 3.05) is 18.1 Å². The van der Waals surface area contributed by atoms with Crippen LogP contribution in [0.2, 0.25) is 0 Å². The lowest BCUT2D eigenvalue weighted by Gasteiger charge is -2.23. The zero-order chi connectivity index (χ0) is 22.1. The number of amides is 1. The predicted molar refractivity (Wildman–Crippen MR) is 128 cm³/mol. The van der Waals surface area contributed by atoms with E-state index in [1.165, 1.54) is 5.56 Å².